The molecule has 158 valence electrons. The highest BCUT2D eigenvalue weighted by Gasteiger charge is 2.36. The number of fused-ring (bicyclic) bond motifs is 1. The normalized spacial score (nSPS) is 21.7. The number of benzene rings is 1. The van der Waals surface area contributed by atoms with Gasteiger partial charge < -0.3 is 25.5 Å². The van der Waals surface area contributed by atoms with Crippen molar-refractivity contribution in [1.29, 1.82) is 0 Å². The quantitative estimate of drug-likeness (QED) is 0.552. The van der Waals surface area contributed by atoms with E-state index in [2.05, 4.69) is 50.9 Å². The average Bonchev–Trinajstić information content (AvgIpc) is 3.21. The van der Waals surface area contributed by atoms with Crippen molar-refractivity contribution in [2.75, 3.05) is 38.7 Å². The number of H-pyrrole nitrogens is 1. The minimum Gasteiger partial charge on any atom is -0.496 e. The van der Waals surface area contributed by atoms with Crippen LogP contribution in [0.2, 0.25) is 0 Å². The first kappa shape index (κ1) is 20.2. The minimum absolute atomic E-state index is 0.259. The molecule has 1 aromatic carbocycles. The molecule has 4 rings (SSSR count). The van der Waals surface area contributed by atoms with Crippen LogP contribution >= 0.6 is 0 Å². The van der Waals surface area contributed by atoms with Gasteiger partial charge in [-0.15, -0.1) is 0 Å². The molecule has 0 radical (unpaired) electrons. The molecule has 1 fully saturated rings. The molecule has 0 saturated carbocycles. The fraction of sp³-hybridized carbons (Fsp3) is 0.429. The van der Waals surface area contributed by atoms with Crippen LogP contribution in [0.25, 0.3) is 0 Å². The van der Waals surface area contributed by atoms with Gasteiger partial charge in [0.05, 0.1) is 37.8 Å². The third-order valence-electron chi connectivity index (χ3n) is 5.43. The van der Waals surface area contributed by atoms with Gasteiger partial charge in [-0.1, -0.05) is 11.8 Å². The summed E-state index contributed by atoms with van der Waals surface area (Å²) in [5.74, 6) is 6.74. The lowest BCUT2D eigenvalue weighted by Crippen LogP contribution is -2.49. The van der Waals surface area contributed by atoms with Crippen molar-refractivity contribution in [1.82, 2.24) is 14.9 Å². The number of hydrogen-bond acceptors (Lipinski definition) is 8. The number of morpholine rings is 1. The molecule has 3 heterocycles. The number of nitrogens with zero attached hydrogens (tertiary/aromatic N) is 3. The molecule has 2 aliphatic rings. The molecule has 1 saturated heterocycles. The summed E-state index contributed by atoms with van der Waals surface area (Å²) in [6, 6.07) is 5.62. The predicted octanol–water partition coefficient (Wildman–Crippen LogP) is 0.781. The number of nitrogens with two attached hydrogens (primary N) is 2. The Hall–Kier alpha value is -3.06. The second kappa shape index (κ2) is 7.65. The van der Waals surface area contributed by atoms with E-state index in [1.165, 1.54) is 6.33 Å². The second-order valence-corrected chi connectivity index (χ2v) is 7.84. The van der Waals surface area contributed by atoms with Crippen molar-refractivity contribution < 1.29 is 9.47 Å². The highest BCUT2D eigenvalue weighted by atomic mass is 16.5. The van der Waals surface area contributed by atoms with Crippen LogP contribution in [0, 0.1) is 11.8 Å². The molecule has 9 heteroatoms. The summed E-state index contributed by atoms with van der Waals surface area (Å²) in [6.45, 7) is 7.47. The largest absolute Gasteiger partial charge is 0.496 e. The van der Waals surface area contributed by atoms with Crippen molar-refractivity contribution in [3.63, 3.8) is 0 Å². The fourth-order valence-electron chi connectivity index (χ4n) is 3.68. The number of nitrogens with one attached hydrogen (secondary N) is 2. The summed E-state index contributed by atoms with van der Waals surface area (Å²) in [7, 11) is 1.59. The number of imidazole rings is 1. The smallest absolute Gasteiger partial charge is 0.216 e. The average molecular weight is 409 g/mol. The molecule has 6 N–H and O–H groups in total. The van der Waals surface area contributed by atoms with E-state index < -0.39 is 5.79 Å². The Bertz CT molecular complexity index is 1030. The van der Waals surface area contributed by atoms with Gasteiger partial charge in [0, 0.05) is 18.7 Å². The number of anilines is 1. The second-order valence-electron chi connectivity index (χ2n) is 7.84. The summed E-state index contributed by atoms with van der Waals surface area (Å²) < 4.78 is 11.0. The summed E-state index contributed by atoms with van der Waals surface area (Å²) in [6.07, 6.45) is 1.54. The van der Waals surface area contributed by atoms with Gasteiger partial charge in [0.1, 0.15) is 11.4 Å². The fourth-order valence-corrected chi connectivity index (χ4v) is 3.68. The van der Waals surface area contributed by atoms with E-state index in [0.717, 1.165) is 31.9 Å². The van der Waals surface area contributed by atoms with Crippen molar-refractivity contribution >= 4 is 11.7 Å². The van der Waals surface area contributed by atoms with Crippen LogP contribution in [0.5, 0.6) is 5.75 Å². The summed E-state index contributed by atoms with van der Waals surface area (Å²) in [5, 5.41) is 3.13. The molecule has 1 atom stereocenters. The van der Waals surface area contributed by atoms with Gasteiger partial charge in [-0.3, -0.25) is 10.6 Å². The van der Waals surface area contributed by atoms with E-state index in [-0.39, 0.29) is 11.4 Å². The molecule has 0 aliphatic carbocycles. The van der Waals surface area contributed by atoms with Crippen LogP contribution in [0.3, 0.4) is 0 Å². The molecule has 30 heavy (non-hydrogen) atoms. The number of methoxy groups -OCH3 is 1. The number of rotatable bonds is 3. The molecule has 2 aliphatic heterocycles. The zero-order chi connectivity index (χ0) is 21.4. The maximum Gasteiger partial charge on any atom is 0.216 e. The molecule has 0 bridgehead atoms. The third-order valence-corrected chi connectivity index (χ3v) is 5.43. The Kier molecular flexibility index (Phi) is 5.15. The van der Waals surface area contributed by atoms with Gasteiger partial charge in [-0.25, -0.2) is 9.98 Å². The topological polar surface area (TPSA) is 127 Å². The van der Waals surface area contributed by atoms with Crippen LogP contribution in [0.4, 0.5) is 5.82 Å². The highest BCUT2D eigenvalue weighted by Crippen LogP contribution is 2.34. The summed E-state index contributed by atoms with van der Waals surface area (Å²) in [4.78, 5) is 13.9. The molecular formula is C21H27N7O2. The monoisotopic (exact) mass is 409 g/mol. The van der Waals surface area contributed by atoms with Crippen molar-refractivity contribution in [2.45, 2.75) is 25.2 Å². The number of aromatic amines is 1. The van der Waals surface area contributed by atoms with Crippen LogP contribution in [-0.2, 0) is 10.5 Å². The van der Waals surface area contributed by atoms with E-state index in [4.69, 9.17) is 20.9 Å². The van der Waals surface area contributed by atoms with E-state index >= 15 is 0 Å². The van der Waals surface area contributed by atoms with Gasteiger partial charge >= 0.3 is 0 Å². The number of aromatic nitrogens is 2. The third kappa shape index (κ3) is 3.73. The van der Waals surface area contributed by atoms with Crippen molar-refractivity contribution in [2.24, 2.45) is 16.5 Å². The van der Waals surface area contributed by atoms with E-state index in [1.54, 1.807) is 7.11 Å². The first-order valence-electron chi connectivity index (χ1n) is 9.83. The predicted molar refractivity (Wildman–Crippen MR) is 115 cm³/mol. The van der Waals surface area contributed by atoms with E-state index in [9.17, 15) is 0 Å². The zero-order valence-corrected chi connectivity index (χ0v) is 17.5. The van der Waals surface area contributed by atoms with Crippen molar-refractivity contribution in [3.8, 4) is 17.6 Å². The van der Waals surface area contributed by atoms with E-state index in [1.807, 2.05) is 18.2 Å². The first-order valence-corrected chi connectivity index (χ1v) is 9.83. The van der Waals surface area contributed by atoms with Crippen molar-refractivity contribution in [3.05, 3.63) is 41.3 Å². The van der Waals surface area contributed by atoms with Gasteiger partial charge in [-0.05, 0) is 32.0 Å². The van der Waals surface area contributed by atoms with Gasteiger partial charge in [0.15, 0.2) is 11.7 Å². The number of aliphatic imine (C=N–C) groups is 1. The van der Waals surface area contributed by atoms with Crippen LogP contribution in [0.15, 0.2) is 29.5 Å². The molecule has 0 amide bonds. The number of ether oxygens (including phenoxy) is 2. The van der Waals surface area contributed by atoms with Gasteiger partial charge in [0.2, 0.25) is 5.79 Å². The lowest BCUT2D eigenvalue weighted by atomic mass is 10.0. The molecule has 2 aromatic rings. The summed E-state index contributed by atoms with van der Waals surface area (Å²) >= 11 is 0. The van der Waals surface area contributed by atoms with Gasteiger partial charge in [0.25, 0.3) is 0 Å². The molecule has 1 unspecified atom stereocenters. The first-order chi connectivity index (χ1) is 14.3. The lowest BCUT2D eigenvalue weighted by Gasteiger charge is -2.37. The zero-order valence-electron chi connectivity index (χ0n) is 17.5. The summed E-state index contributed by atoms with van der Waals surface area (Å²) in [5.41, 5.74) is 14.4. The number of hydrogen-bond donors (Lipinski definition) is 4. The maximum absolute atomic E-state index is 6.54. The standard InChI is InChI=1S/C21H27N7O2/c1-20(2,28-8-10-30-11-9-28)7-6-14-4-5-15(16(12-14)29-3)21(23)26-18(22)17-19(27-21)25-13-24-17/h4-5,12-13,27H,8-11,23H2,1-3H3,(H2,22,26)(H,24,25). The van der Waals surface area contributed by atoms with Crippen LogP contribution < -0.4 is 21.5 Å². The Balaban J connectivity index is 1.62. The highest BCUT2D eigenvalue weighted by molar-refractivity contribution is 6.01. The molecule has 9 nitrogen and oxygen atoms in total. The Morgan fingerprint density at radius 1 is 1.30 bits per heavy atom. The minimum atomic E-state index is -1.29. The van der Waals surface area contributed by atoms with Gasteiger partial charge in [-0.2, -0.15) is 0 Å². The Labute approximate surface area is 175 Å². The maximum atomic E-state index is 6.54. The van der Waals surface area contributed by atoms with Crippen LogP contribution in [0.1, 0.15) is 30.7 Å². The lowest BCUT2D eigenvalue weighted by molar-refractivity contribution is 0.00739. The Morgan fingerprint density at radius 3 is 2.80 bits per heavy atom. The van der Waals surface area contributed by atoms with Crippen LogP contribution in [-0.4, -0.2) is 59.7 Å². The SMILES string of the molecule is COc1cc(C#CC(C)(C)N2CCOCC2)ccc1C1(N)N=C(N)c2[nH]cnc2N1. The molecule has 0 spiro atoms. The Morgan fingerprint density at radius 2 is 2.07 bits per heavy atom. The number of amidine groups is 1. The molecular weight excluding hydrogens is 382 g/mol. The molecule has 1 aromatic heterocycles. The van der Waals surface area contributed by atoms with E-state index in [0.29, 0.717) is 22.8 Å².